The third-order valence-corrected chi connectivity index (χ3v) is 3.35. The highest BCUT2D eigenvalue weighted by Gasteiger charge is 2.22. The highest BCUT2D eigenvalue weighted by atomic mass is 35.5. The van der Waals surface area contributed by atoms with E-state index in [0.29, 0.717) is 12.0 Å². The van der Waals surface area contributed by atoms with Crippen LogP contribution in [0.2, 0.25) is 0 Å². The van der Waals surface area contributed by atoms with E-state index in [1.54, 1.807) is 0 Å². The summed E-state index contributed by atoms with van der Waals surface area (Å²) >= 11 is 0. The normalized spacial score (nSPS) is 24.6. The van der Waals surface area contributed by atoms with Crippen LogP contribution in [-0.2, 0) is 6.54 Å². The van der Waals surface area contributed by atoms with E-state index in [1.807, 2.05) is 0 Å². The fourth-order valence-electron chi connectivity index (χ4n) is 2.15. The van der Waals surface area contributed by atoms with Crippen LogP contribution in [0.3, 0.4) is 0 Å². The Labute approximate surface area is 116 Å². The molecule has 0 bridgehead atoms. The van der Waals surface area contributed by atoms with Crippen LogP contribution in [0.1, 0.15) is 18.9 Å². The molecule has 0 radical (unpaired) electrons. The zero-order valence-electron chi connectivity index (χ0n) is 10.2. The molecule has 1 heterocycles. The van der Waals surface area contributed by atoms with E-state index in [2.05, 4.69) is 42.2 Å². The van der Waals surface area contributed by atoms with Crippen LogP contribution in [0.25, 0.3) is 0 Å². The molecule has 1 aliphatic rings. The minimum absolute atomic E-state index is 0. The minimum atomic E-state index is 0. The molecule has 2 N–H and O–H groups in total. The van der Waals surface area contributed by atoms with Gasteiger partial charge in [0, 0.05) is 19.1 Å². The van der Waals surface area contributed by atoms with Crippen molar-refractivity contribution in [2.24, 2.45) is 11.7 Å². The fraction of sp³-hybridized carbons (Fsp3) is 0.538. The number of nitrogens with zero attached hydrogens (tertiary/aromatic N) is 1. The van der Waals surface area contributed by atoms with Gasteiger partial charge >= 0.3 is 0 Å². The molecule has 1 fully saturated rings. The van der Waals surface area contributed by atoms with Crippen LogP contribution in [0, 0.1) is 5.92 Å². The lowest BCUT2D eigenvalue weighted by molar-refractivity contribution is 0.162. The topological polar surface area (TPSA) is 29.3 Å². The Kier molecular flexibility index (Phi) is 7.80. The Hall–Kier alpha value is -0.280. The molecule has 17 heavy (non-hydrogen) atoms. The largest absolute Gasteiger partial charge is 0.326 e. The number of halogens is 2. The second-order valence-corrected chi connectivity index (χ2v) is 4.65. The number of benzene rings is 1. The molecule has 2 nitrogen and oxygen atoms in total. The molecule has 2 unspecified atom stereocenters. The van der Waals surface area contributed by atoms with Gasteiger partial charge in [-0.25, -0.2) is 0 Å². The number of nitrogens with two attached hydrogens (primary N) is 1. The number of piperidine rings is 1. The van der Waals surface area contributed by atoms with Crippen LogP contribution in [0.4, 0.5) is 0 Å². The summed E-state index contributed by atoms with van der Waals surface area (Å²) in [5, 5.41) is 0. The van der Waals surface area contributed by atoms with Crippen molar-refractivity contribution in [3.8, 4) is 0 Å². The van der Waals surface area contributed by atoms with E-state index in [0.717, 1.165) is 13.1 Å². The molecule has 0 spiro atoms. The molecule has 98 valence electrons. The smallest absolute Gasteiger partial charge is 0.0234 e. The highest BCUT2D eigenvalue weighted by molar-refractivity contribution is 5.85. The van der Waals surface area contributed by atoms with Crippen LogP contribution in [-0.4, -0.2) is 24.0 Å². The Bertz CT molecular complexity index is 306. The molecule has 1 saturated heterocycles. The summed E-state index contributed by atoms with van der Waals surface area (Å²) in [6.45, 7) is 5.52. The van der Waals surface area contributed by atoms with Crippen molar-refractivity contribution in [2.75, 3.05) is 13.1 Å². The van der Waals surface area contributed by atoms with Gasteiger partial charge in [0.2, 0.25) is 0 Å². The molecule has 1 aliphatic heterocycles. The molecule has 0 aliphatic carbocycles. The summed E-state index contributed by atoms with van der Waals surface area (Å²) in [5.41, 5.74) is 7.47. The molecule has 0 aromatic heterocycles. The summed E-state index contributed by atoms with van der Waals surface area (Å²) in [4.78, 5) is 2.46. The Morgan fingerprint density at radius 3 is 2.47 bits per heavy atom. The number of hydrogen-bond acceptors (Lipinski definition) is 2. The predicted molar refractivity (Wildman–Crippen MR) is 78.0 cm³/mol. The average molecular weight is 277 g/mol. The highest BCUT2D eigenvalue weighted by Crippen LogP contribution is 2.17. The van der Waals surface area contributed by atoms with Crippen molar-refractivity contribution in [1.29, 1.82) is 0 Å². The van der Waals surface area contributed by atoms with Gasteiger partial charge in [0.15, 0.2) is 0 Å². The van der Waals surface area contributed by atoms with Crippen molar-refractivity contribution in [3.63, 3.8) is 0 Å². The van der Waals surface area contributed by atoms with Crippen molar-refractivity contribution in [2.45, 2.75) is 25.9 Å². The maximum atomic E-state index is 6.08. The van der Waals surface area contributed by atoms with Crippen molar-refractivity contribution in [3.05, 3.63) is 35.9 Å². The van der Waals surface area contributed by atoms with Crippen LogP contribution >= 0.6 is 24.8 Å². The number of rotatable bonds is 2. The Morgan fingerprint density at radius 2 is 1.88 bits per heavy atom. The Balaban J connectivity index is 0.00000128. The standard InChI is InChI=1S/C13H20N2.2ClH/c1-11-7-8-15(10-13(11)14)9-12-5-3-2-4-6-12;;/h2-6,11,13H,7-10,14H2,1H3;2*1H. The Morgan fingerprint density at radius 1 is 1.24 bits per heavy atom. The molecule has 4 heteroatoms. The maximum Gasteiger partial charge on any atom is 0.0234 e. The zero-order valence-corrected chi connectivity index (χ0v) is 11.8. The van der Waals surface area contributed by atoms with Gasteiger partial charge in [0.1, 0.15) is 0 Å². The van der Waals surface area contributed by atoms with Crippen molar-refractivity contribution in [1.82, 2.24) is 4.90 Å². The zero-order chi connectivity index (χ0) is 10.7. The third-order valence-electron chi connectivity index (χ3n) is 3.35. The SMILES string of the molecule is CC1CCN(Cc2ccccc2)CC1N.Cl.Cl. The second-order valence-electron chi connectivity index (χ2n) is 4.65. The van der Waals surface area contributed by atoms with Crippen molar-refractivity contribution >= 4 is 24.8 Å². The van der Waals surface area contributed by atoms with E-state index < -0.39 is 0 Å². The maximum absolute atomic E-state index is 6.08. The summed E-state index contributed by atoms with van der Waals surface area (Å²) < 4.78 is 0. The van der Waals surface area contributed by atoms with Gasteiger partial charge < -0.3 is 5.73 Å². The van der Waals surface area contributed by atoms with Gasteiger partial charge in [0.25, 0.3) is 0 Å². The molecular formula is C13H22Cl2N2. The van der Waals surface area contributed by atoms with E-state index in [4.69, 9.17) is 5.73 Å². The second kappa shape index (κ2) is 7.93. The third kappa shape index (κ3) is 4.84. The molecule has 1 aromatic carbocycles. The molecule has 2 rings (SSSR count). The lowest BCUT2D eigenvalue weighted by atomic mass is 9.94. The fourth-order valence-corrected chi connectivity index (χ4v) is 2.15. The minimum Gasteiger partial charge on any atom is -0.326 e. The van der Waals surface area contributed by atoms with Crippen LogP contribution in [0.5, 0.6) is 0 Å². The molecular weight excluding hydrogens is 255 g/mol. The van der Waals surface area contributed by atoms with Crippen molar-refractivity contribution < 1.29 is 0 Å². The summed E-state index contributed by atoms with van der Waals surface area (Å²) in [5.74, 6) is 0.678. The lowest BCUT2D eigenvalue weighted by Gasteiger charge is -2.35. The first-order chi connectivity index (χ1) is 7.25. The first kappa shape index (κ1) is 16.7. The molecule has 0 amide bonds. The first-order valence-corrected chi connectivity index (χ1v) is 5.77. The predicted octanol–water partition coefficient (Wildman–Crippen LogP) is 2.70. The number of likely N-dealkylation sites (tertiary alicyclic amines) is 1. The van der Waals surface area contributed by atoms with Gasteiger partial charge in [-0.1, -0.05) is 37.3 Å². The van der Waals surface area contributed by atoms with Crippen LogP contribution < -0.4 is 5.73 Å². The summed E-state index contributed by atoms with van der Waals surface area (Å²) in [6, 6.07) is 11.0. The van der Waals surface area contributed by atoms with E-state index in [-0.39, 0.29) is 24.8 Å². The monoisotopic (exact) mass is 276 g/mol. The van der Waals surface area contributed by atoms with E-state index in [9.17, 15) is 0 Å². The average Bonchev–Trinajstić information content (AvgIpc) is 2.25. The van der Waals surface area contributed by atoms with Gasteiger partial charge in [0.05, 0.1) is 0 Å². The molecule has 1 aromatic rings. The van der Waals surface area contributed by atoms with Gasteiger partial charge in [-0.3, -0.25) is 4.90 Å². The van der Waals surface area contributed by atoms with E-state index in [1.165, 1.54) is 18.5 Å². The first-order valence-electron chi connectivity index (χ1n) is 5.77. The quantitative estimate of drug-likeness (QED) is 0.900. The summed E-state index contributed by atoms with van der Waals surface area (Å²) in [7, 11) is 0. The molecule has 2 atom stereocenters. The van der Waals surface area contributed by atoms with Crippen LogP contribution in [0.15, 0.2) is 30.3 Å². The number of hydrogen-bond donors (Lipinski definition) is 1. The van der Waals surface area contributed by atoms with Gasteiger partial charge in [-0.2, -0.15) is 0 Å². The van der Waals surface area contributed by atoms with Gasteiger partial charge in [-0.05, 0) is 24.4 Å². The molecule has 0 saturated carbocycles. The summed E-state index contributed by atoms with van der Waals surface area (Å²) in [6.07, 6.45) is 1.23. The lowest BCUT2D eigenvalue weighted by Crippen LogP contribution is -2.47. The van der Waals surface area contributed by atoms with E-state index >= 15 is 0 Å². The van der Waals surface area contributed by atoms with Gasteiger partial charge in [-0.15, -0.1) is 24.8 Å².